The fourth-order valence-electron chi connectivity index (χ4n) is 2.02. The van der Waals surface area contributed by atoms with E-state index in [0.717, 1.165) is 17.7 Å². The molecule has 0 aromatic heterocycles. The number of carbonyl (C=O) groups excluding carboxylic acids is 1. The minimum atomic E-state index is -0.714. The Labute approximate surface area is 122 Å². The zero-order chi connectivity index (χ0) is 15.2. The van der Waals surface area contributed by atoms with Gasteiger partial charge in [0.05, 0.1) is 6.42 Å². The fourth-order valence-corrected chi connectivity index (χ4v) is 2.02. The van der Waals surface area contributed by atoms with Crippen molar-refractivity contribution in [2.24, 2.45) is 0 Å². The Kier molecular flexibility index (Phi) is 5.00. The normalized spacial score (nSPS) is 10.4. The maximum absolute atomic E-state index is 13.5. The van der Waals surface area contributed by atoms with Crippen LogP contribution >= 0.6 is 0 Å². The van der Waals surface area contributed by atoms with Crippen LogP contribution < -0.4 is 10.6 Å². The summed E-state index contributed by atoms with van der Waals surface area (Å²) in [5.74, 6) is -1.71. The molecule has 0 spiro atoms. The van der Waals surface area contributed by atoms with E-state index in [1.54, 1.807) is 6.07 Å². The predicted octanol–water partition coefficient (Wildman–Crippen LogP) is 2.87. The van der Waals surface area contributed by atoms with Gasteiger partial charge in [-0.05, 0) is 30.3 Å². The number of halogens is 2. The van der Waals surface area contributed by atoms with Gasteiger partial charge < -0.3 is 10.6 Å². The van der Waals surface area contributed by atoms with Crippen molar-refractivity contribution in [1.29, 1.82) is 0 Å². The van der Waals surface area contributed by atoms with Crippen molar-refractivity contribution < 1.29 is 13.6 Å². The Bertz CT molecular complexity index is 644. The summed E-state index contributed by atoms with van der Waals surface area (Å²) in [5.41, 5.74) is 1.78. The minimum Gasteiger partial charge on any atom is -0.325 e. The van der Waals surface area contributed by atoms with Crippen LogP contribution in [0.1, 0.15) is 11.1 Å². The number of benzene rings is 2. The van der Waals surface area contributed by atoms with Crippen LogP contribution in [0.2, 0.25) is 0 Å². The molecular formula is C16H16F2N2O. The van der Waals surface area contributed by atoms with Gasteiger partial charge >= 0.3 is 0 Å². The number of anilines is 1. The Balaban J connectivity index is 2.08. The predicted molar refractivity (Wildman–Crippen MR) is 77.9 cm³/mol. The molecule has 0 atom stereocenters. The Morgan fingerprint density at radius 1 is 1.10 bits per heavy atom. The van der Waals surface area contributed by atoms with E-state index in [9.17, 15) is 13.6 Å². The van der Waals surface area contributed by atoms with Crippen LogP contribution in [0.5, 0.6) is 0 Å². The van der Waals surface area contributed by atoms with Gasteiger partial charge in [-0.3, -0.25) is 4.79 Å². The molecule has 1 amide bonds. The molecule has 0 saturated carbocycles. The summed E-state index contributed by atoms with van der Waals surface area (Å²) in [6.45, 7) is 0.612. The average Bonchev–Trinajstić information content (AvgIpc) is 2.44. The number of carbonyl (C=O) groups is 1. The summed E-state index contributed by atoms with van der Waals surface area (Å²) >= 11 is 0. The van der Waals surface area contributed by atoms with Gasteiger partial charge in [0.25, 0.3) is 0 Å². The minimum absolute atomic E-state index is 0.139. The monoisotopic (exact) mass is 290 g/mol. The van der Waals surface area contributed by atoms with Crippen molar-refractivity contribution >= 4 is 11.6 Å². The molecule has 0 heterocycles. The quantitative estimate of drug-likeness (QED) is 0.889. The van der Waals surface area contributed by atoms with Crippen molar-refractivity contribution in [3.63, 3.8) is 0 Å². The topological polar surface area (TPSA) is 41.1 Å². The number of hydrogen-bond acceptors (Lipinski definition) is 2. The lowest BCUT2D eigenvalue weighted by atomic mass is 10.1. The van der Waals surface area contributed by atoms with E-state index >= 15 is 0 Å². The summed E-state index contributed by atoms with van der Waals surface area (Å²) in [7, 11) is 1.81. The smallest absolute Gasteiger partial charge is 0.228 e. The van der Waals surface area contributed by atoms with Crippen molar-refractivity contribution in [3.05, 3.63) is 65.2 Å². The van der Waals surface area contributed by atoms with Gasteiger partial charge in [-0.2, -0.15) is 0 Å². The second-order valence-corrected chi connectivity index (χ2v) is 4.65. The van der Waals surface area contributed by atoms with E-state index in [1.807, 2.05) is 25.2 Å². The third kappa shape index (κ3) is 4.10. The maximum Gasteiger partial charge on any atom is 0.228 e. The third-order valence-corrected chi connectivity index (χ3v) is 3.02. The molecule has 0 aliphatic heterocycles. The molecule has 0 unspecified atom stereocenters. The van der Waals surface area contributed by atoms with E-state index < -0.39 is 11.6 Å². The van der Waals surface area contributed by atoms with Crippen molar-refractivity contribution in [2.75, 3.05) is 12.4 Å². The molecule has 21 heavy (non-hydrogen) atoms. The highest BCUT2D eigenvalue weighted by Gasteiger charge is 2.11. The summed E-state index contributed by atoms with van der Waals surface area (Å²) in [6.07, 6.45) is -0.139. The van der Waals surface area contributed by atoms with Gasteiger partial charge in [-0.15, -0.1) is 0 Å². The second kappa shape index (κ2) is 6.95. The maximum atomic E-state index is 13.5. The van der Waals surface area contributed by atoms with Gasteiger partial charge in [0.2, 0.25) is 5.91 Å². The first-order valence-corrected chi connectivity index (χ1v) is 6.56. The highest BCUT2D eigenvalue weighted by atomic mass is 19.1. The van der Waals surface area contributed by atoms with Gasteiger partial charge in [-0.25, -0.2) is 8.78 Å². The molecule has 5 heteroatoms. The van der Waals surface area contributed by atoms with Crippen LogP contribution in [-0.4, -0.2) is 13.0 Å². The zero-order valence-corrected chi connectivity index (χ0v) is 11.6. The zero-order valence-electron chi connectivity index (χ0n) is 11.6. The molecule has 0 fully saturated rings. The van der Waals surface area contributed by atoms with Crippen LogP contribution in [0.25, 0.3) is 0 Å². The lowest BCUT2D eigenvalue weighted by molar-refractivity contribution is -0.115. The first-order valence-electron chi connectivity index (χ1n) is 6.56. The fraction of sp³-hybridized carbons (Fsp3) is 0.188. The molecule has 2 aromatic carbocycles. The van der Waals surface area contributed by atoms with Crippen molar-refractivity contribution in [3.8, 4) is 0 Å². The third-order valence-electron chi connectivity index (χ3n) is 3.02. The Hall–Kier alpha value is -2.27. The molecule has 0 aliphatic carbocycles. The second-order valence-electron chi connectivity index (χ2n) is 4.65. The van der Waals surface area contributed by atoms with Crippen molar-refractivity contribution in [1.82, 2.24) is 5.32 Å². The number of rotatable bonds is 5. The first kappa shape index (κ1) is 15.1. The molecule has 0 saturated heterocycles. The summed E-state index contributed by atoms with van der Waals surface area (Å²) in [6, 6.07) is 10.6. The van der Waals surface area contributed by atoms with Gasteiger partial charge in [0, 0.05) is 18.3 Å². The molecule has 0 aliphatic rings. The van der Waals surface area contributed by atoms with E-state index in [4.69, 9.17) is 0 Å². The van der Waals surface area contributed by atoms with Crippen molar-refractivity contribution in [2.45, 2.75) is 13.0 Å². The molecule has 2 rings (SSSR count). The van der Waals surface area contributed by atoms with Gasteiger partial charge in [0.1, 0.15) is 11.6 Å². The highest BCUT2D eigenvalue weighted by molar-refractivity contribution is 5.93. The standard InChI is InChI=1S/C16H16F2N2O/c1-19-10-12-4-2-3-5-15(12)20-16(21)8-11-6-7-13(17)9-14(11)18/h2-7,9,19H,8,10H2,1H3,(H,20,21). The highest BCUT2D eigenvalue weighted by Crippen LogP contribution is 2.16. The molecule has 0 radical (unpaired) electrons. The summed E-state index contributed by atoms with van der Waals surface area (Å²) in [5, 5.41) is 5.76. The molecule has 110 valence electrons. The van der Waals surface area contributed by atoms with Crippen LogP contribution in [0.15, 0.2) is 42.5 Å². The Morgan fingerprint density at radius 2 is 1.86 bits per heavy atom. The first-order chi connectivity index (χ1) is 10.1. The summed E-state index contributed by atoms with van der Waals surface area (Å²) < 4.78 is 26.3. The molecule has 3 nitrogen and oxygen atoms in total. The molecule has 2 aromatic rings. The lowest BCUT2D eigenvalue weighted by Gasteiger charge is -2.11. The SMILES string of the molecule is CNCc1ccccc1NC(=O)Cc1ccc(F)cc1F. The van der Waals surface area contributed by atoms with Crippen LogP contribution in [-0.2, 0) is 17.8 Å². The van der Waals surface area contributed by atoms with E-state index in [1.165, 1.54) is 6.07 Å². The number of nitrogens with one attached hydrogen (secondary N) is 2. The summed E-state index contributed by atoms with van der Waals surface area (Å²) in [4.78, 5) is 12.0. The van der Waals surface area contributed by atoms with Crippen LogP contribution in [0.4, 0.5) is 14.5 Å². The largest absolute Gasteiger partial charge is 0.325 e. The van der Waals surface area contributed by atoms with Crippen LogP contribution in [0.3, 0.4) is 0 Å². The van der Waals surface area contributed by atoms with E-state index in [2.05, 4.69) is 10.6 Å². The number of amides is 1. The Morgan fingerprint density at radius 3 is 2.57 bits per heavy atom. The number of para-hydroxylation sites is 1. The van der Waals surface area contributed by atoms with E-state index in [0.29, 0.717) is 12.2 Å². The number of hydrogen-bond donors (Lipinski definition) is 2. The van der Waals surface area contributed by atoms with Gasteiger partial charge in [-0.1, -0.05) is 24.3 Å². The van der Waals surface area contributed by atoms with Gasteiger partial charge in [0.15, 0.2) is 0 Å². The van der Waals surface area contributed by atoms with E-state index in [-0.39, 0.29) is 17.9 Å². The average molecular weight is 290 g/mol. The lowest BCUT2D eigenvalue weighted by Crippen LogP contribution is -2.17. The molecule has 2 N–H and O–H groups in total. The molecule has 0 bridgehead atoms. The molecular weight excluding hydrogens is 274 g/mol. The van der Waals surface area contributed by atoms with Crippen LogP contribution in [0, 0.1) is 11.6 Å².